The molecule has 1 heterocycles. The molecule has 0 spiro atoms. The molecule has 3 rings (SSSR count). The lowest BCUT2D eigenvalue weighted by atomic mass is 10.0. The van der Waals surface area contributed by atoms with E-state index in [1.54, 1.807) is 0 Å². The van der Waals surface area contributed by atoms with Gasteiger partial charge in [0.2, 0.25) is 0 Å². The minimum absolute atomic E-state index is 0.183. The Morgan fingerprint density at radius 2 is 1.78 bits per heavy atom. The second-order valence-corrected chi connectivity index (χ2v) is 4.56. The summed E-state index contributed by atoms with van der Waals surface area (Å²) in [7, 11) is 0. The third-order valence-electron chi connectivity index (χ3n) is 3.29. The van der Waals surface area contributed by atoms with Crippen molar-refractivity contribution in [1.82, 2.24) is 5.32 Å². The van der Waals surface area contributed by atoms with E-state index >= 15 is 0 Å². The lowest BCUT2D eigenvalue weighted by Gasteiger charge is -2.24. The molecule has 1 atom stereocenters. The van der Waals surface area contributed by atoms with Gasteiger partial charge in [-0.2, -0.15) is 0 Å². The summed E-state index contributed by atoms with van der Waals surface area (Å²) < 4.78 is 5.79. The molecule has 18 heavy (non-hydrogen) atoms. The summed E-state index contributed by atoms with van der Waals surface area (Å²) in [5.74, 6) is 0. The van der Waals surface area contributed by atoms with Crippen LogP contribution >= 0.6 is 0 Å². The second kappa shape index (κ2) is 5.34. The van der Waals surface area contributed by atoms with Crippen molar-refractivity contribution in [2.45, 2.75) is 6.10 Å². The van der Waals surface area contributed by atoms with E-state index in [9.17, 15) is 0 Å². The van der Waals surface area contributed by atoms with Gasteiger partial charge in [0, 0.05) is 13.1 Å². The molecule has 2 aromatic rings. The molecule has 1 aliphatic heterocycles. The van der Waals surface area contributed by atoms with Gasteiger partial charge in [-0.3, -0.25) is 0 Å². The van der Waals surface area contributed by atoms with Gasteiger partial charge in [-0.05, 0) is 22.8 Å². The standard InChI is InChI=1S/C16H17NO/c1-2-5-13(6-3-1)14-7-4-8-15(11-14)16-12-17-9-10-18-16/h1-8,11,16-17H,9-10,12H2. The fraction of sp³-hybridized carbons (Fsp3) is 0.250. The van der Waals surface area contributed by atoms with Gasteiger partial charge in [-0.25, -0.2) is 0 Å². The second-order valence-electron chi connectivity index (χ2n) is 4.56. The minimum atomic E-state index is 0.183. The quantitative estimate of drug-likeness (QED) is 0.869. The SMILES string of the molecule is c1ccc(-c2cccc(C3CNCCO3)c2)cc1. The predicted octanol–water partition coefficient (Wildman–Crippen LogP) is 3.01. The van der Waals surface area contributed by atoms with Gasteiger partial charge in [-0.15, -0.1) is 0 Å². The first-order chi connectivity index (χ1) is 8.93. The molecule has 1 saturated heterocycles. The number of hydrogen-bond acceptors (Lipinski definition) is 2. The summed E-state index contributed by atoms with van der Waals surface area (Å²) in [6, 6.07) is 19.1. The number of ether oxygens (including phenoxy) is 1. The van der Waals surface area contributed by atoms with Crippen molar-refractivity contribution in [3.05, 3.63) is 60.2 Å². The van der Waals surface area contributed by atoms with E-state index in [1.165, 1.54) is 16.7 Å². The first-order valence-corrected chi connectivity index (χ1v) is 6.41. The van der Waals surface area contributed by atoms with Crippen molar-refractivity contribution >= 4 is 0 Å². The van der Waals surface area contributed by atoms with Crippen LogP contribution in [0.15, 0.2) is 54.6 Å². The highest BCUT2D eigenvalue weighted by Crippen LogP contribution is 2.25. The Bertz CT molecular complexity index is 504. The van der Waals surface area contributed by atoms with E-state index in [4.69, 9.17) is 4.74 Å². The molecule has 1 N–H and O–H groups in total. The fourth-order valence-corrected chi connectivity index (χ4v) is 2.33. The molecule has 0 aliphatic carbocycles. The molecule has 0 saturated carbocycles. The van der Waals surface area contributed by atoms with Gasteiger partial charge in [0.25, 0.3) is 0 Å². The molecule has 2 aromatic carbocycles. The van der Waals surface area contributed by atoms with E-state index in [-0.39, 0.29) is 6.10 Å². The maximum atomic E-state index is 5.79. The fourth-order valence-electron chi connectivity index (χ4n) is 2.33. The van der Waals surface area contributed by atoms with Gasteiger partial charge in [-0.1, -0.05) is 48.5 Å². The van der Waals surface area contributed by atoms with Crippen LogP contribution in [0.3, 0.4) is 0 Å². The molecule has 92 valence electrons. The van der Waals surface area contributed by atoms with Crippen LogP contribution in [0.2, 0.25) is 0 Å². The average Bonchev–Trinajstić information content (AvgIpc) is 2.49. The van der Waals surface area contributed by atoms with Gasteiger partial charge in [0.15, 0.2) is 0 Å². The Labute approximate surface area is 108 Å². The zero-order valence-electron chi connectivity index (χ0n) is 10.3. The van der Waals surface area contributed by atoms with Crippen LogP contribution in [0, 0.1) is 0 Å². The van der Waals surface area contributed by atoms with Crippen molar-refractivity contribution in [2.75, 3.05) is 19.7 Å². The summed E-state index contributed by atoms with van der Waals surface area (Å²) >= 11 is 0. The smallest absolute Gasteiger partial charge is 0.0950 e. The van der Waals surface area contributed by atoms with Gasteiger partial charge in [0.1, 0.15) is 0 Å². The van der Waals surface area contributed by atoms with Crippen molar-refractivity contribution in [1.29, 1.82) is 0 Å². The van der Waals surface area contributed by atoms with E-state index in [0.717, 1.165) is 19.7 Å². The minimum Gasteiger partial charge on any atom is -0.371 e. The van der Waals surface area contributed by atoms with Crippen LogP contribution < -0.4 is 5.32 Å². The molecular formula is C16H17NO. The molecule has 2 nitrogen and oxygen atoms in total. The van der Waals surface area contributed by atoms with Crippen molar-refractivity contribution < 1.29 is 4.74 Å². The number of hydrogen-bond donors (Lipinski definition) is 1. The lowest BCUT2D eigenvalue weighted by molar-refractivity contribution is 0.0277. The number of nitrogens with one attached hydrogen (secondary N) is 1. The van der Waals surface area contributed by atoms with Crippen LogP contribution in [-0.4, -0.2) is 19.7 Å². The van der Waals surface area contributed by atoms with Crippen molar-refractivity contribution in [3.63, 3.8) is 0 Å². The Hall–Kier alpha value is -1.64. The highest BCUT2D eigenvalue weighted by atomic mass is 16.5. The summed E-state index contributed by atoms with van der Waals surface area (Å²) in [6.07, 6.45) is 0.183. The maximum absolute atomic E-state index is 5.79. The normalized spacial score (nSPS) is 19.7. The molecule has 1 aliphatic rings. The van der Waals surface area contributed by atoms with Gasteiger partial charge in [0.05, 0.1) is 12.7 Å². The molecule has 2 heteroatoms. The van der Waals surface area contributed by atoms with Gasteiger partial charge < -0.3 is 10.1 Å². The van der Waals surface area contributed by atoms with E-state index in [2.05, 4.69) is 53.8 Å². The summed E-state index contributed by atoms with van der Waals surface area (Å²) in [5.41, 5.74) is 3.76. The average molecular weight is 239 g/mol. The zero-order valence-corrected chi connectivity index (χ0v) is 10.3. The van der Waals surface area contributed by atoms with Crippen molar-refractivity contribution in [3.8, 4) is 11.1 Å². The number of rotatable bonds is 2. The molecule has 1 fully saturated rings. The third-order valence-corrected chi connectivity index (χ3v) is 3.29. The van der Waals surface area contributed by atoms with Crippen LogP contribution in [0.25, 0.3) is 11.1 Å². The Morgan fingerprint density at radius 1 is 0.944 bits per heavy atom. The third kappa shape index (κ3) is 2.45. The molecule has 1 unspecified atom stereocenters. The Kier molecular flexibility index (Phi) is 3.40. The van der Waals surface area contributed by atoms with Crippen LogP contribution in [0.1, 0.15) is 11.7 Å². The highest BCUT2D eigenvalue weighted by Gasteiger charge is 2.15. The van der Waals surface area contributed by atoms with Crippen LogP contribution in [-0.2, 0) is 4.74 Å². The topological polar surface area (TPSA) is 21.3 Å². The van der Waals surface area contributed by atoms with Crippen LogP contribution in [0.5, 0.6) is 0 Å². The molecule has 0 radical (unpaired) electrons. The number of benzene rings is 2. The first kappa shape index (κ1) is 11.5. The van der Waals surface area contributed by atoms with Crippen LogP contribution in [0.4, 0.5) is 0 Å². The molecular weight excluding hydrogens is 222 g/mol. The highest BCUT2D eigenvalue weighted by molar-refractivity contribution is 5.64. The summed E-state index contributed by atoms with van der Waals surface area (Å²) in [6.45, 7) is 2.65. The largest absolute Gasteiger partial charge is 0.371 e. The molecule has 0 bridgehead atoms. The summed E-state index contributed by atoms with van der Waals surface area (Å²) in [4.78, 5) is 0. The zero-order chi connectivity index (χ0) is 12.2. The van der Waals surface area contributed by atoms with E-state index in [0.29, 0.717) is 0 Å². The Morgan fingerprint density at radius 3 is 2.56 bits per heavy atom. The van der Waals surface area contributed by atoms with E-state index in [1.807, 2.05) is 6.07 Å². The lowest BCUT2D eigenvalue weighted by Crippen LogP contribution is -2.33. The summed E-state index contributed by atoms with van der Waals surface area (Å²) in [5, 5.41) is 3.37. The predicted molar refractivity (Wildman–Crippen MR) is 73.4 cm³/mol. The first-order valence-electron chi connectivity index (χ1n) is 6.41. The van der Waals surface area contributed by atoms with Gasteiger partial charge >= 0.3 is 0 Å². The van der Waals surface area contributed by atoms with Crippen molar-refractivity contribution in [2.24, 2.45) is 0 Å². The molecule has 0 aromatic heterocycles. The number of morpholine rings is 1. The monoisotopic (exact) mass is 239 g/mol. The Balaban J connectivity index is 1.89. The maximum Gasteiger partial charge on any atom is 0.0950 e. The van der Waals surface area contributed by atoms with E-state index < -0.39 is 0 Å². The molecule has 0 amide bonds.